The lowest BCUT2D eigenvalue weighted by Crippen LogP contribution is -1.99. The standard InChI is InChI=1S/C11H10FNO3/c1-5-6(12)3-4-7-8(5)10(16-2)9(13-7)11(14)15/h3-4,13H,1-2H3,(H,14,15). The molecule has 0 aliphatic heterocycles. The number of H-pyrrole nitrogens is 1. The predicted molar refractivity (Wildman–Crippen MR) is 56.5 cm³/mol. The number of benzene rings is 1. The third-order valence-corrected chi connectivity index (χ3v) is 2.53. The molecule has 0 radical (unpaired) electrons. The molecule has 1 heterocycles. The number of carboxylic acid groups (broad SMARTS) is 1. The first-order chi connectivity index (χ1) is 7.56. The molecule has 5 heteroatoms. The highest BCUT2D eigenvalue weighted by Crippen LogP contribution is 2.33. The first-order valence-corrected chi connectivity index (χ1v) is 4.64. The van der Waals surface area contributed by atoms with E-state index in [1.807, 2.05) is 0 Å². The Morgan fingerprint density at radius 1 is 1.50 bits per heavy atom. The molecule has 0 unspecified atom stereocenters. The number of aromatic nitrogens is 1. The molecule has 4 nitrogen and oxygen atoms in total. The summed E-state index contributed by atoms with van der Waals surface area (Å²) in [5.41, 5.74) is 0.859. The van der Waals surface area contributed by atoms with Crippen LogP contribution in [0.1, 0.15) is 16.1 Å². The van der Waals surface area contributed by atoms with Crippen LogP contribution in [0.3, 0.4) is 0 Å². The van der Waals surface area contributed by atoms with E-state index in [9.17, 15) is 9.18 Å². The van der Waals surface area contributed by atoms with E-state index in [2.05, 4.69) is 4.98 Å². The van der Waals surface area contributed by atoms with Crippen LogP contribution in [0.25, 0.3) is 10.9 Å². The smallest absolute Gasteiger partial charge is 0.356 e. The molecule has 1 aromatic carbocycles. The Balaban J connectivity index is 2.89. The van der Waals surface area contributed by atoms with Crippen molar-refractivity contribution < 1.29 is 19.0 Å². The maximum Gasteiger partial charge on any atom is 0.356 e. The van der Waals surface area contributed by atoms with Gasteiger partial charge in [0.2, 0.25) is 0 Å². The van der Waals surface area contributed by atoms with Crippen LogP contribution in [0.15, 0.2) is 12.1 Å². The molecule has 84 valence electrons. The van der Waals surface area contributed by atoms with Gasteiger partial charge in [0.15, 0.2) is 11.4 Å². The number of hydrogen-bond acceptors (Lipinski definition) is 2. The van der Waals surface area contributed by atoms with E-state index in [4.69, 9.17) is 9.84 Å². The third-order valence-electron chi connectivity index (χ3n) is 2.53. The number of aromatic amines is 1. The number of aromatic carboxylic acids is 1. The molecule has 2 aromatic rings. The first-order valence-electron chi connectivity index (χ1n) is 4.64. The second-order valence-corrected chi connectivity index (χ2v) is 3.43. The zero-order valence-electron chi connectivity index (χ0n) is 8.80. The van der Waals surface area contributed by atoms with Crippen molar-refractivity contribution in [3.8, 4) is 5.75 Å². The number of hydrogen-bond donors (Lipinski definition) is 2. The number of nitrogens with one attached hydrogen (secondary N) is 1. The van der Waals surface area contributed by atoms with Crippen LogP contribution in [-0.2, 0) is 0 Å². The summed E-state index contributed by atoms with van der Waals surface area (Å²) in [6.07, 6.45) is 0. The molecule has 0 atom stereocenters. The van der Waals surface area contributed by atoms with Crippen LogP contribution in [0.2, 0.25) is 0 Å². The summed E-state index contributed by atoms with van der Waals surface area (Å²) < 4.78 is 18.4. The minimum Gasteiger partial charge on any atom is -0.494 e. The molecule has 0 spiro atoms. The molecular weight excluding hydrogens is 213 g/mol. The van der Waals surface area contributed by atoms with Gasteiger partial charge in [-0.25, -0.2) is 9.18 Å². The van der Waals surface area contributed by atoms with E-state index in [0.29, 0.717) is 16.5 Å². The van der Waals surface area contributed by atoms with E-state index in [-0.39, 0.29) is 17.3 Å². The maximum atomic E-state index is 13.4. The van der Waals surface area contributed by atoms with Gasteiger partial charge >= 0.3 is 5.97 Å². The minimum atomic E-state index is -1.13. The van der Waals surface area contributed by atoms with E-state index >= 15 is 0 Å². The van der Waals surface area contributed by atoms with Crippen LogP contribution in [0, 0.1) is 12.7 Å². The fourth-order valence-corrected chi connectivity index (χ4v) is 1.75. The lowest BCUT2D eigenvalue weighted by atomic mass is 10.1. The lowest BCUT2D eigenvalue weighted by molar-refractivity contribution is 0.0688. The normalized spacial score (nSPS) is 10.7. The Hall–Kier alpha value is -2.04. The van der Waals surface area contributed by atoms with Crippen molar-refractivity contribution in [1.29, 1.82) is 0 Å². The van der Waals surface area contributed by atoms with Crippen molar-refractivity contribution in [3.63, 3.8) is 0 Å². The number of methoxy groups -OCH3 is 1. The number of fused-ring (bicyclic) bond motifs is 1. The van der Waals surface area contributed by atoms with Gasteiger partial charge in [0, 0.05) is 5.39 Å². The highest BCUT2D eigenvalue weighted by molar-refractivity contribution is 6.01. The van der Waals surface area contributed by atoms with Crippen molar-refractivity contribution in [3.05, 3.63) is 29.2 Å². The highest BCUT2D eigenvalue weighted by Gasteiger charge is 2.20. The second-order valence-electron chi connectivity index (χ2n) is 3.43. The van der Waals surface area contributed by atoms with Crippen LogP contribution in [0.4, 0.5) is 4.39 Å². The summed E-state index contributed by atoms with van der Waals surface area (Å²) in [6, 6.07) is 2.78. The average molecular weight is 223 g/mol. The van der Waals surface area contributed by atoms with Gasteiger partial charge in [-0.1, -0.05) is 0 Å². The molecule has 0 aliphatic rings. The third kappa shape index (κ3) is 1.32. The van der Waals surface area contributed by atoms with Gasteiger partial charge in [-0.05, 0) is 24.6 Å². The van der Waals surface area contributed by atoms with Crippen molar-refractivity contribution in [2.75, 3.05) is 7.11 Å². The molecular formula is C11H10FNO3. The summed E-state index contributed by atoms with van der Waals surface area (Å²) in [5, 5.41) is 9.43. The summed E-state index contributed by atoms with van der Waals surface area (Å²) in [7, 11) is 1.36. The van der Waals surface area contributed by atoms with Crippen LogP contribution >= 0.6 is 0 Å². The van der Waals surface area contributed by atoms with Crippen molar-refractivity contribution >= 4 is 16.9 Å². The fraction of sp³-hybridized carbons (Fsp3) is 0.182. The molecule has 0 fully saturated rings. The van der Waals surface area contributed by atoms with Crippen molar-refractivity contribution in [2.45, 2.75) is 6.92 Å². The molecule has 2 rings (SSSR count). The number of carboxylic acids is 1. The topological polar surface area (TPSA) is 62.3 Å². The molecule has 0 bridgehead atoms. The average Bonchev–Trinajstić information content (AvgIpc) is 2.62. The van der Waals surface area contributed by atoms with Gasteiger partial charge in [-0.3, -0.25) is 0 Å². The summed E-state index contributed by atoms with van der Waals surface area (Å²) >= 11 is 0. The van der Waals surface area contributed by atoms with Gasteiger partial charge in [-0.2, -0.15) is 0 Å². The van der Waals surface area contributed by atoms with E-state index in [1.165, 1.54) is 19.2 Å². The first kappa shape index (κ1) is 10.5. The Labute approximate surface area is 90.7 Å². The quantitative estimate of drug-likeness (QED) is 0.821. The van der Waals surface area contributed by atoms with Gasteiger partial charge in [0.25, 0.3) is 0 Å². The van der Waals surface area contributed by atoms with Crippen LogP contribution in [-0.4, -0.2) is 23.2 Å². The van der Waals surface area contributed by atoms with Crippen molar-refractivity contribution in [2.24, 2.45) is 0 Å². The molecule has 16 heavy (non-hydrogen) atoms. The van der Waals surface area contributed by atoms with Gasteiger partial charge < -0.3 is 14.8 Å². The Morgan fingerprint density at radius 2 is 2.19 bits per heavy atom. The molecule has 1 aromatic heterocycles. The largest absolute Gasteiger partial charge is 0.494 e. The maximum absolute atomic E-state index is 13.4. The Bertz CT molecular complexity index is 574. The monoisotopic (exact) mass is 223 g/mol. The van der Waals surface area contributed by atoms with E-state index in [1.54, 1.807) is 6.92 Å². The SMILES string of the molecule is COc1c(C(=O)O)[nH]c2ccc(F)c(C)c12. The van der Waals surface area contributed by atoms with Gasteiger partial charge in [0.05, 0.1) is 12.6 Å². The zero-order valence-corrected chi connectivity index (χ0v) is 8.80. The number of halogens is 1. The number of carbonyl (C=O) groups is 1. The molecule has 0 saturated heterocycles. The summed E-state index contributed by atoms with van der Waals surface area (Å²) in [5.74, 6) is -1.35. The van der Waals surface area contributed by atoms with E-state index < -0.39 is 5.97 Å². The highest BCUT2D eigenvalue weighted by atomic mass is 19.1. The van der Waals surface area contributed by atoms with Crippen molar-refractivity contribution in [1.82, 2.24) is 4.98 Å². The molecule has 0 aliphatic carbocycles. The van der Waals surface area contributed by atoms with E-state index in [0.717, 1.165) is 0 Å². The second kappa shape index (κ2) is 3.52. The lowest BCUT2D eigenvalue weighted by Gasteiger charge is -2.02. The molecule has 2 N–H and O–H groups in total. The molecule has 0 saturated carbocycles. The van der Waals surface area contributed by atoms with Crippen LogP contribution in [0.5, 0.6) is 5.75 Å². The predicted octanol–water partition coefficient (Wildman–Crippen LogP) is 2.32. The Kier molecular flexibility index (Phi) is 2.30. The number of ether oxygens (including phenoxy) is 1. The van der Waals surface area contributed by atoms with Gasteiger partial charge in [-0.15, -0.1) is 0 Å². The van der Waals surface area contributed by atoms with Crippen LogP contribution < -0.4 is 4.74 Å². The summed E-state index contributed by atoms with van der Waals surface area (Å²) in [4.78, 5) is 13.6. The Morgan fingerprint density at radius 3 is 2.75 bits per heavy atom. The fourth-order valence-electron chi connectivity index (χ4n) is 1.75. The zero-order chi connectivity index (χ0) is 11.9. The number of rotatable bonds is 2. The van der Waals surface area contributed by atoms with Gasteiger partial charge in [0.1, 0.15) is 5.82 Å². The minimum absolute atomic E-state index is 0.0637. The molecule has 0 amide bonds. The number of aryl methyl sites for hydroxylation is 1. The summed E-state index contributed by atoms with van der Waals surface area (Å²) in [6.45, 7) is 1.58.